The maximum Gasteiger partial charge on any atom is 0.127 e. The van der Waals surface area contributed by atoms with E-state index in [9.17, 15) is 0 Å². The zero-order valence-corrected chi connectivity index (χ0v) is 13.0. The first kappa shape index (κ1) is 14.2. The molecule has 1 aliphatic rings. The van der Waals surface area contributed by atoms with Gasteiger partial charge in [-0.05, 0) is 30.3 Å². The van der Waals surface area contributed by atoms with Gasteiger partial charge in [0.15, 0.2) is 0 Å². The molecule has 0 fully saturated rings. The van der Waals surface area contributed by atoms with Gasteiger partial charge in [-0.1, -0.05) is 22.0 Å². The summed E-state index contributed by atoms with van der Waals surface area (Å²) in [5.41, 5.74) is 6.94. The van der Waals surface area contributed by atoms with Gasteiger partial charge in [0.2, 0.25) is 0 Å². The van der Waals surface area contributed by atoms with E-state index < -0.39 is 0 Å². The zero-order chi connectivity index (χ0) is 14.7. The minimum Gasteiger partial charge on any atom is -0.491 e. The second-order valence-electron chi connectivity index (χ2n) is 4.77. The molecule has 110 valence electrons. The van der Waals surface area contributed by atoms with E-state index in [0.29, 0.717) is 19.8 Å². The van der Waals surface area contributed by atoms with Gasteiger partial charge in [0.1, 0.15) is 37.1 Å². The van der Waals surface area contributed by atoms with Crippen molar-refractivity contribution in [1.29, 1.82) is 0 Å². The van der Waals surface area contributed by atoms with E-state index in [-0.39, 0.29) is 6.04 Å². The molecule has 2 N–H and O–H groups in total. The van der Waals surface area contributed by atoms with Crippen molar-refractivity contribution in [2.24, 2.45) is 5.73 Å². The minimum atomic E-state index is -0.0334. The quantitative estimate of drug-likeness (QED) is 0.841. The summed E-state index contributed by atoms with van der Waals surface area (Å²) in [6, 6.07) is 13.4. The van der Waals surface area contributed by atoms with E-state index >= 15 is 0 Å². The van der Waals surface area contributed by atoms with Gasteiger partial charge in [-0.25, -0.2) is 0 Å². The third-order valence-corrected chi connectivity index (χ3v) is 3.71. The summed E-state index contributed by atoms with van der Waals surface area (Å²) in [6.07, 6.45) is 0. The molecule has 0 spiro atoms. The molecule has 0 saturated carbocycles. The van der Waals surface area contributed by atoms with Crippen LogP contribution >= 0.6 is 15.9 Å². The number of nitrogens with two attached hydrogens (primary N) is 1. The molecule has 2 aromatic carbocycles. The number of halogens is 1. The second kappa shape index (κ2) is 6.37. The van der Waals surface area contributed by atoms with Crippen LogP contribution in [0.5, 0.6) is 17.2 Å². The van der Waals surface area contributed by atoms with Crippen molar-refractivity contribution < 1.29 is 14.2 Å². The van der Waals surface area contributed by atoms with Gasteiger partial charge in [-0.2, -0.15) is 0 Å². The highest BCUT2D eigenvalue weighted by Crippen LogP contribution is 2.33. The molecule has 1 heterocycles. The lowest BCUT2D eigenvalue weighted by atomic mass is 10.1. The van der Waals surface area contributed by atoms with Gasteiger partial charge in [-0.3, -0.25) is 0 Å². The van der Waals surface area contributed by atoms with Gasteiger partial charge in [-0.15, -0.1) is 0 Å². The van der Waals surface area contributed by atoms with Crippen LogP contribution in [-0.2, 0) is 0 Å². The summed E-state index contributed by atoms with van der Waals surface area (Å²) >= 11 is 3.41. The molecule has 0 bridgehead atoms. The van der Waals surface area contributed by atoms with Gasteiger partial charge < -0.3 is 19.9 Å². The lowest BCUT2D eigenvalue weighted by Crippen LogP contribution is -2.10. The van der Waals surface area contributed by atoms with Crippen molar-refractivity contribution in [3.05, 3.63) is 52.5 Å². The number of hydrogen-bond acceptors (Lipinski definition) is 4. The van der Waals surface area contributed by atoms with Crippen molar-refractivity contribution in [2.45, 2.75) is 6.04 Å². The van der Waals surface area contributed by atoms with Crippen molar-refractivity contribution in [2.75, 3.05) is 19.8 Å². The summed E-state index contributed by atoms with van der Waals surface area (Å²) in [5.74, 6) is 2.39. The molecule has 2 aromatic rings. The van der Waals surface area contributed by atoms with Gasteiger partial charge in [0.05, 0.1) is 6.04 Å². The van der Waals surface area contributed by atoms with Gasteiger partial charge >= 0.3 is 0 Å². The Hall–Kier alpha value is -1.72. The number of fused-ring (bicyclic) bond motifs is 1. The van der Waals surface area contributed by atoms with Crippen LogP contribution < -0.4 is 19.9 Å². The summed E-state index contributed by atoms with van der Waals surface area (Å²) in [7, 11) is 0. The largest absolute Gasteiger partial charge is 0.491 e. The maximum absolute atomic E-state index is 5.91. The van der Waals surface area contributed by atoms with E-state index in [1.54, 1.807) is 0 Å². The first-order chi connectivity index (χ1) is 10.2. The lowest BCUT2D eigenvalue weighted by Gasteiger charge is -2.09. The molecule has 3 rings (SSSR count). The molecule has 1 unspecified atom stereocenters. The molecule has 0 saturated heterocycles. The highest BCUT2D eigenvalue weighted by atomic mass is 79.9. The number of ether oxygens (including phenoxy) is 3. The second-order valence-corrected chi connectivity index (χ2v) is 5.69. The molecular formula is C16H16BrNO3. The van der Waals surface area contributed by atoms with Crippen LogP contribution in [0.3, 0.4) is 0 Å². The first-order valence-corrected chi connectivity index (χ1v) is 7.55. The Balaban J connectivity index is 1.50. The Kier molecular flexibility index (Phi) is 4.31. The van der Waals surface area contributed by atoms with Gasteiger partial charge in [0, 0.05) is 16.1 Å². The third-order valence-electron chi connectivity index (χ3n) is 3.22. The number of benzene rings is 2. The van der Waals surface area contributed by atoms with Crippen LogP contribution in [0.4, 0.5) is 0 Å². The van der Waals surface area contributed by atoms with E-state index in [1.807, 2.05) is 42.5 Å². The monoisotopic (exact) mass is 349 g/mol. The van der Waals surface area contributed by atoms with Crippen LogP contribution in [0, 0.1) is 0 Å². The Morgan fingerprint density at radius 1 is 1.10 bits per heavy atom. The molecular weight excluding hydrogens is 334 g/mol. The maximum atomic E-state index is 5.91. The molecule has 4 nitrogen and oxygen atoms in total. The summed E-state index contributed by atoms with van der Waals surface area (Å²) in [4.78, 5) is 0. The molecule has 0 amide bonds. The average molecular weight is 350 g/mol. The van der Waals surface area contributed by atoms with E-state index in [2.05, 4.69) is 15.9 Å². The fourth-order valence-corrected chi connectivity index (χ4v) is 2.56. The zero-order valence-electron chi connectivity index (χ0n) is 11.4. The molecule has 1 aliphatic heterocycles. The number of rotatable bonds is 5. The predicted molar refractivity (Wildman–Crippen MR) is 84.0 cm³/mol. The van der Waals surface area contributed by atoms with Crippen molar-refractivity contribution in [3.63, 3.8) is 0 Å². The van der Waals surface area contributed by atoms with Crippen LogP contribution in [0.1, 0.15) is 11.6 Å². The Morgan fingerprint density at radius 3 is 2.62 bits per heavy atom. The molecule has 1 atom stereocenters. The fourth-order valence-electron chi connectivity index (χ4n) is 2.18. The third kappa shape index (κ3) is 3.49. The Bertz CT molecular complexity index is 633. The molecule has 21 heavy (non-hydrogen) atoms. The standard InChI is InChI=1S/C16H16BrNO3/c17-11-2-1-3-12(8-11)19-6-7-20-13-4-5-14-15(18)10-21-16(14)9-13/h1-5,8-9,15H,6-7,10,18H2. The minimum absolute atomic E-state index is 0.0334. The van der Waals surface area contributed by atoms with Crippen molar-refractivity contribution in [1.82, 2.24) is 0 Å². The summed E-state index contributed by atoms with van der Waals surface area (Å²) in [5, 5.41) is 0. The normalized spacial score (nSPS) is 16.2. The predicted octanol–water partition coefficient (Wildman–Crippen LogP) is 3.30. The fraction of sp³-hybridized carbons (Fsp3) is 0.250. The van der Waals surface area contributed by atoms with Crippen LogP contribution in [-0.4, -0.2) is 19.8 Å². The topological polar surface area (TPSA) is 53.7 Å². The lowest BCUT2D eigenvalue weighted by molar-refractivity contribution is 0.216. The van der Waals surface area contributed by atoms with Crippen LogP contribution in [0.25, 0.3) is 0 Å². The highest BCUT2D eigenvalue weighted by Gasteiger charge is 2.20. The molecule has 5 heteroatoms. The smallest absolute Gasteiger partial charge is 0.127 e. The van der Waals surface area contributed by atoms with E-state index in [4.69, 9.17) is 19.9 Å². The molecule has 0 aliphatic carbocycles. The Morgan fingerprint density at radius 2 is 1.86 bits per heavy atom. The highest BCUT2D eigenvalue weighted by molar-refractivity contribution is 9.10. The summed E-state index contributed by atoms with van der Waals surface area (Å²) in [6.45, 7) is 1.48. The molecule has 0 aromatic heterocycles. The Labute approximate surface area is 131 Å². The molecule has 0 radical (unpaired) electrons. The van der Waals surface area contributed by atoms with Crippen molar-refractivity contribution in [3.8, 4) is 17.2 Å². The van der Waals surface area contributed by atoms with Crippen molar-refractivity contribution >= 4 is 15.9 Å². The SMILES string of the molecule is NC1COc2cc(OCCOc3cccc(Br)c3)ccc21. The van der Waals surface area contributed by atoms with E-state index in [1.165, 1.54) is 0 Å². The average Bonchev–Trinajstić information content (AvgIpc) is 2.85. The van der Waals surface area contributed by atoms with Crippen LogP contribution in [0.15, 0.2) is 46.9 Å². The summed E-state index contributed by atoms with van der Waals surface area (Å²) < 4.78 is 17.8. The van der Waals surface area contributed by atoms with Crippen LogP contribution in [0.2, 0.25) is 0 Å². The van der Waals surface area contributed by atoms with Gasteiger partial charge in [0.25, 0.3) is 0 Å². The first-order valence-electron chi connectivity index (χ1n) is 6.76. The number of hydrogen-bond donors (Lipinski definition) is 1. The van der Waals surface area contributed by atoms with E-state index in [0.717, 1.165) is 27.3 Å².